The summed E-state index contributed by atoms with van der Waals surface area (Å²) in [5.41, 5.74) is 0.727. The number of benzene rings is 1. The van der Waals surface area contributed by atoms with Gasteiger partial charge in [-0.2, -0.15) is 0 Å². The van der Waals surface area contributed by atoms with Crippen LogP contribution in [-0.2, 0) is 4.79 Å². The van der Waals surface area contributed by atoms with Crippen LogP contribution in [0.2, 0.25) is 5.02 Å². The zero-order valence-electron chi connectivity index (χ0n) is 11.8. The van der Waals surface area contributed by atoms with Crippen molar-refractivity contribution in [2.75, 3.05) is 0 Å². The molecule has 4 heteroatoms. The van der Waals surface area contributed by atoms with Gasteiger partial charge < -0.3 is 4.79 Å². The Morgan fingerprint density at radius 1 is 1.00 bits per heavy atom. The molecular weight excluding hydrogens is 294 g/mol. The summed E-state index contributed by atoms with van der Waals surface area (Å²) in [5.74, 6) is 0.277. The Hall–Kier alpha value is -0.960. The van der Waals surface area contributed by atoms with Crippen molar-refractivity contribution >= 4 is 17.9 Å². The SMILES string of the molecule is O=C[C@@H]1CC[C@@H]2CC(c3cc(F)c(Cl)c(F)c3)CC[C@@H]2C1. The molecule has 0 aliphatic heterocycles. The maximum Gasteiger partial charge on any atom is 0.145 e. The summed E-state index contributed by atoms with van der Waals surface area (Å²) in [6.45, 7) is 0. The lowest BCUT2D eigenvalue weighted by atomic mass is 9.64. The van der Waals surface area contributed by atoms with E-state index in [1.54, 1.807) is 0 Å². The standard InChI is InChI=1S/C17H19ClF2O/c18-17-15(19)7-14(8-16(17)20)13-4-3-11-5-10(9-21)1-2-12(11)6-13/h7-13H,1-6H2/t10-,11-,12-,13?/m1/s1. The fourth-order valence-corrected chi connectivity index (χ4v) is 4.27. The summed E-state index contributed by atoms with van der Waals surface area (Å²) >= 11 is 5.55. The predicted octanol–water partition coefficient (Wildman–Crippen LogP) is 5.12. The van der Waals surface area contributed by atoms with Gasteiger partial charge >= 0.3 is 0 Å². The first-order chi connectivity index (χ1) is 10.1. The number of hydrogen-bond acceptors (Lipinski definition) is 1. The summed E-state index contributed by atoms with van der Waals surface area (Å²) < 4.78 is 27.2. The number of hydrogen-bond donors (Lipinski definition) is 0. The van der Waals surface area contributed by atoms with Gasteiger partial charge in [0.1, 0.15) is 22.9 Å². The average molecular weight is 313 g/mol. The van der Waals surface area contributed by atoms with Crippen LogP contribution in [0.25, 0.3) is 0 Å². The molecule has 21 heavy (non-hydrogen) atoms. The maximum atomic E-state index is 13.6. The largest absolute Gasteiger partial charge is 0.303 e. The quantitative estimate of drug-likeness (QED) is 0.547. The van der Waals surface area contributed by atoms with Crippen molar-refractivity contribution in [3.05, 3.63) is 34.4 Å². The molecule has 1 aromatic rings. The van der Waals surface area contributed by atoms with E-state index in [9.17, 15) is 13.6 Å². The third-order valence-electron chi connectivity index (χ3n) is 5.32. The first-order valence-electron chi connectivity index (χ1n) is 7.68. The normalized spacial score (nSPS) is 32.5. The van der Waals surface area contributed by atoms with Gasteiger partial charge in [0, 0.05) is 5.92 Å². The van der Waals surface area contributed by atoms with Crippen molar-refractivity contribution in [2.45, 2.75) is 44.4 Å². The number of halogens is 3. The molecule has 0 saturated heterocycles. The van der Waals surface area contributed by atoms with Gasteiger partial charge in [-0.1, -0.05) is 11.6 Å². The lowest BCUT2D eigenvalue weighted by Gasteiger charge is -2.41. The van der Waals surface area contributed by atoms with Crippen LogP contribution >= 0.6 is 11.6 Å². The molecule has 3 rings (SSSR count). The van der Waals surface area contributed by atoms with E-state index in [1.807, 2.05) is 0 Å². The number of fused-ring (bicyclic) bond motifs is 1. The van der Waals surface area contributed by atoms with Crippen LogP contribution in [0.4, 0.5) is 8.78 Å². The molecular formula is C17H19ClF2O. The van der Waals surface area contributed by atoms with Crippen LogP contribution in [0.3, 0.4) is 0 Å². The number of aldehydes is 1. The fraction of sp³-hybridized carbons (Fsp3) is 0.588. The summed E-state index contributed by atoms with van der Waals surface area (Å²) in [6, 6.07) is 2.76. The molecule has 0 N–H and O–H groups in total. The Balaban J connectivity index is 1.74. The van der Waals surface area contributed by atoms with E-state index in [4.69, 9.17) is 11.6 Å². The fourth-order valence-electron chi connectivity index (χ4n) is 4.16. The highest BCUT2D eigenvalue weighted by Gasteiger charge is 2.36. The Kier molecular flexibility index (Phi) is 4.30. The predicted molar refractivity (Wildman–Crippen MR) is 78.3 cm³/mol. The van der Waals surface area contributed by atoms with Crippen molar-refractivity contribution in [2.24, 2.45) is 17.8 Å². The van der Waals surface area contributed by atoms with E-state index in [1.165, 1.54) is 12.1 Å². The van der Waals surface area contributed by atoms with Gasteiger partial charge in [-0.25, -0.2) is 8.78 Å². The van der Waals surface area contributed by atoms with Crippen molar-refractivity contribution in [3.63, 3.8) is 0 Å². The Labute approximate surface area is 128 Å². The van der Waals surface area contributed by atoms with Crippen molar-refractivity contribution in [1.29, 1.82) is 0 Å². The van der Waals surface area contributed by atoms with Crippen LogP contribution in [-0.4, -0.2) is 6.29 Å². The lowest BCUT2D eigenvalue weighted by molar-refractivity contribution is -0.113. The minimum atomic E-state index is -0.668. The molecule has 1 unspecified atom stereocenters. The Morgan fingerprint density at radius 3 is 2.29 bits per heavy atom. The van der Waals surface area contributed by atoms with Crippen molar-refractivity contribution < 1.29 is 13.6 Å². The zero-order valence-corrected chi connectivity index (χ0v) is 12.6. The highest BCUT2D eigenvalue weighted by atomic mass is 35.5. The first kappa shape index (κ1) is 15.0. The van der Waals surface area contributed by atoms with E-state index in [2.05, 4.69) is 0 Å². The molecule has 0 aromatic heterocycles. The maximum absolute atomic E-state index is 13.6. The Morgan fingerprint density at radius 2 is 1.62 bits per heavy atom. The molecule has 0 amide bonds. The van der Waals surface area contributed by atoms with E-state index in [0.717, 1.165) is 50.4 Å². The van der Waals surface area contributed by atoms with E-state index in [-0.39, 0.29) is 11.8 Å². The molecule has 0 radical (unpaired) electrons. The molecule has 2 fully saturated rings. The Bertz CT molecular complexity index is 523. The van der Waals surface area contributed by atoms with Crippen molar-refractivity contribution in [1.82, 2.24) is 0 Å². The highest BCUT2D eigenvalue weighted by Crippen LogP contribution is 2.47. The van der Waals surface area contributed by atoms with E-state index in [0.29, 0.717) is 11.8 Å². The molecule has 2 saturated carbocycles. The zero-order chi connectivity index (χ0) is 15.0. The van der Waals surface area contributed by atoms with Crippen molar-refractivity contribution in [3.8, 4) is 0 Å². The van der Waals surface area contributed by atoms with Gasteiger partial charge in [0.2, 0.25) is 0 Å². The molecule has 1 nitrogen and oxygen atoms in total. The van der Waals surface area contributed by atoms with Gasteiger partial charge in [-0.05, 0) is 74.0 Å². The van der Waals surface area contributed by atoms with E-state index < -0.39 is 16.7 Å². The molecule has 2 aliphatic carbocycles. The second kappa shape index (κ2) is 6.04. The van der Waals surface area contributed by atoms with E-state index >= 15 is 0 Å². The number of rotatable bonds is 2. The number of carbonyl (C=O) groups is 1. The summed E-state index contributed by atoms with van der Waals surface area (Å²) in [7, 11) is 0. The highest BCUT2D eigenvalue weighted by molar-refractivity contribution is 6.30. The second-order valence-electron chi connectivity index (χ2n) is 6.54. The minimum Gasteiger partial charge on any atom is -0.303 e. The average Bonchev–Trinajstić information content (AvgIpc) is 2.51. The molecule has 4 atom stereocenters. The molecule has 2 aliphatic rings. The van der Waals surface area contributed by atoms with Crippen LogP contribution < -0.4 is 0 Å². The third kappa shape index (κ3) is 2.98. The summed E-state index contributed by atoms with van der Waals surface area (Å²) in [5, 5.41) is -0.418. The monoisotopic (exact) mass is 312 g/mol. The minimum absolute atomic E-state index is 0.209. The molecule has 0 bridgehead atoms. The number of carbonyl (C=O) groups excluding carboxylic acids is 1. The molecule has 1 aromatic carbocycles. The first-order valence-corrected chi connectivity index (χ1v) is 8.06. The molecule has 0 spiro atoms. The molecule has 0 heterocycles. The van der Waals surface area contributed by atoms with Gasteiger partial charge in [0.05, 0.1) is 0 Å². The molecule has 114 valence electrons. The summed E-state index contributed by atoms with van der Waals surface area (Å²) in [4.78, 5) is 10.9. The lowest BCUT2D eigenvalue weighted by Crippen LogP contribution is -2.31. The smallest absolute Gasteiger partial charge is 0.145 e. The van der Waals surface area contributed by atoms with Crippen LogP contribution in [0, 0.1) is 29.4 Å². The van der Waals surface area contributed by atoms with Gasteiger partial charge in [0.25, 0.3) is 0 Å². The van der Waals surface area contributed by atoms with Gasteiger partial charge in [-0.15, -0.1) is 0 Å². The van der Waals surface area contributed by atoms with Gasteiger partial charge in [-0.3, -0.25) is 0 Å². The second-order valence-corrected chi connectivity index (χ2v) is 6.92. The van der Waals surface area contributed by atoms with Crippen LogP contribution in [0.5, 0.6) is 0 Å². The topological polar surface area (TPSA) is 17.1 Å². The van der Waals surface area contributed by atoms with Crippen LogP contribution in [0.1, 0.15) is 50.0 Å². The van der Waals surface area contributed by atoms with Gasteiger partial charge in [0.15, 0.2) is 0 Å². The third-order valence-corrected chi connectivity index (χ3v) is 5.68. The summed E-state index contributed by atoms with van der Waals surface area (Å²) in [6.07, 6.45) is 7.05. The van der Waals surface area contributed by atoms with Crippen LogP contribution in [0.15, 0.2) is 12.1 Å².